The molecule has 1 aliphatic rings. The van der Waals surface area contributed by atoms with Crippen LogP contribution in [0.3, 0.4) is 0 Å². The van der Waals surface area contributed by atoms with Crippen LogP contribution >= 0.6 is 0 Å². The summed E-state index contributed by atoms with van der Waals surface area (Å²) in [6.45, 7) is 4.08. The van der Waals surface area contributed by atoms with Crippen LogP contribution in [-0.4, -0.2) is 38.8 Å². The summed E-state index contributed by atoms with van der Waals surface area (Å²) in [7, 11) is -2.55. The van der Waals surface area contributed by atoms with Gasteiger partial charge in [0.2, 0.25) is 15.9 Å². The van der Waals surface area contributed by atoms with E-state index in [1.165, 1.54) is 23.5 Å². The van der Waals surface area contributed by atoms with E-state index >= 15 is 0 Å². The van der Waals surface area contributed by atoms with Crippen molar-refractivity contribution in [1.29, 1.82) is 0 Å². The van der Waals surface area contributed by atoms with Crippen molar-refractivity contribution in [2.24, 2.45) is 5.92 Å². The summed E-state index contributed by atoms with van der Waals surface area (Å²) in [5.74, 6) is -0.883. The Labute approximate surface area is 191 Å². The highest BCUT2D eigenvalue weighted by atomic mass is 32.2. The number of nitrogens with zero attached hydrogens (tertiary/aromatic N) is 1. The molecule has 1 heterocycles. The van der Waals surface area contributed by atoms with Gasteiger partial charge in [-0.2, -0.15) is 17.5 Å². The number of hydrogen-bond donors (Lipinski definition) is 1. The number of hydrogen-bond acceptors (Lipinski definition) is 4. The minimum Gasteiger partial charge on any atom is -0.495 e. The molecule has 1 amide bonds. The first kappa shape index (κ1) is 25.0. The molecule has 10 heteroatoms. The van der Waals surface area contributed by atoms with E-state index < -0.39 is 33.6 Å². The van der Waals surface area contributed by atoms with Gasteiger partial charge in [-0.05, 0) is 54.7 Å². The number of rotatable bonds is 6. The van der Waals surface area contributed by atoms with E-state index in [0.29, 0.717) is 12.8 Å². The van der Waals surface area contributed by atoms with Gasteiger partial charge >= 0.3 is 6.18 Å². The summed E-state index contributed by atoms with van der Waals surface area (Å²) >= 11 is 0. The quantitative estimate of drug-likeness (QED) is 0.634. The lowest BCUT2D eigenvalue weighted by molar-refractivity contribution is -0.137. The highest BCUT2D eigenvalue weighted by molar-refractivity contribution is 7.89. The lowest BCUT2D eigenvalue weighted by atomic mass is 9.98. The first-order chi connectivity index (χ1) is 15.4. The van der Waals surface area contributed by atoms with Crippen LogP contribution in [0.2, 0.25) is 0 Å². The van der Waals surface area contributed by atoms with E-state index in [9.17, 15) is 26.4 Å². The fraction of sp³-hybridized carbons (Fsp3) is 0.435. The smallest absolute Gasteiger partial charge is 0.416 e. The molecule has 2 aromatic carbocycles. The van der Waals surface area contributed by atoms with Crippen LogP contribution in [0.5, 0.6) is 5.75 Å². The minimum absolute atomic E-state index is 0.0149. The van der Waals surface area contributed by atoms with Gasteiger partial charge in [0.25, 0.3) is 0 Å². The summed E-state index contributed by atoms with van der Waals surface area (Å²) in [5.41, 5.74) is -0.0170. The molecule has 1 fully saturated rings. The van der Waals surface area contributed by atoms with Crippen LogP contribution in [0.1, 0.15) is 43.7 Å². The van der Waals surface area contributed by atoms with Crippen LogP contribution in [-0.2, 0) is 21.0 Å². The Kier molecular flexibility index (Phi) is 7.38. The second-order valence-corrected chi connectivity index (χ2v) is 10.2. The van der Waals surface area contributed by atoms with E-state index in [2.05, 4.69) is 5.32 Å². The summed E-state index contributed by atoms with van der Waals surface area (Å²) in [6, 6.07) is 9.37. The maximum Gasteiger partial charge on any atom is 0.416 e. The molecular formula is C23H27F3N2O4S. The van der Waals surface area contributed by atoms with Crippen LogP contribution in [0.4, 0.5) is 18.9 Å². The maximum absolute atomic E-state index is 13.4. The molecule has 0 bridgehead atoms. The number of anilines is 1. The van der Waals surface area contributed by atoms with Gasteiger partial charge in [0.05, 0.1) is 18.6 Å². The molecule has 0 aromatic heterocycles. The zero-order chi connectivity index (χ0) is 24.4. The van der Waals surface area contributed by atoms with Crippen LogP contribution in [0.25, 0.3) is 0 Å². The van der Waals surface area contributed by atoms with Gasteiger partial charge in [-0.15, -0.1) is 0 Å². The number of benzene rings is 2. The molecule has 180 valence electrons. The Hall–Kier alpha value is -2.59. The van der Waals surface area contributed by atoms with E-state index in [4.69, 9.17) is 4.74 Å². The summed E-state index contributed by atoms with van der Waals surface area (Å²) < 4.78 is 72.2. The molecule has 0 radical (unpaired) electrons. The van der Waals surface area contributed by atoms with E-state index in [0.717, 1.165) is 17.7 Å². The molecule has 0 aliphatic carbocycles. The van der Waals surface area contributed by atoms with Crippen molar-refractivity contribution in [3.05, 3.63) is 53.6 Å². The van der Waals surface area contributed by atoms with Crippen molar-refractivity contribution in [1.82, 2.24) is 4.31 Å². The number of carbonyl (C=O) groups is 1. The predicted octanol–water partition coefficient (Wildman–Crippen LogP) is 4.88. The Morgan fingerprint density at radius 2 is 1.91 bits per heavy atom. The number of carbonyl (C=O) groups excluding carboxylic acids is 1. The molecule has 1 saturated heterocycles. The van der Waals surface area contributed by atoms with E-state index in [1.807, 2.05) is 19.9 Å². The molecule has 0 saturated carbocycles. The third-order valence-corrected chi connectivity index (χ3v) is 7.57. The molecule has 1 N–H and O–H groups in total. The van der Waals surface area contributed by atoms with Gasteiger partial charge in [-0.25, -0.2) is 8.42 Å². The number of alkyl halides is 3. The standard InChI is InChI=1S/C23H27F3N2O4S/c1-15(2)16-9-10-20(32-3)21(12-16)33(30,31)28-11-5-6-17(14-28)22(29)27-19-8-4-7-18(13-19)23(24,25)26/h4,7-10,12-13,15,17H,5-6,11,14H2,1-3H3,(H,27,29)/t17-/m1/s1. The monoisotopic (exact) mass is 484 g/mol. The zero-order valence-corrected chi connectivity index (χ0v) is 19.5. The van der Waals surface area contributed by atoms with Gasteiger partial charge in [0.15, 0.2) is 0 Å². The van der Waals surface area contributed by atoms with E-state index in [-0.39, 0.29) is 35.3 Å². The Morgan fingerprint density at radius 3 is 2.55 bits per heavy atom. The number of methoxy groups -OCH3 is 1. The van der Waals surface area contributed by atoms with Crippen molar-refractivity contribution < 1.29 is 31.1 Å². The molecule has 1 atom stereocenters. The minimum atomic E-state index is -4.53. The Bertz CT molecular complexity index is 1120. The van der Waals surface area contributed by atoms with Crippen LogP contribution < -0.4 is 10.1 Å². The second-order valence-electron chi connectivity index (χ2n) is 8.34. The number of piperidine rings is 1. The molecule has 2 aromatic rings. The predicted molar refractivity (Wildman–Crippen MR) is 119 cm³/mol. The zero-order valence-electron chi connectivity index (χ0n) is 18.6. The molecule has 3 rings (SSSR count). The summed E-state index contributed by atoms with van der Waals surface area (Å²) in [4.78, 5) is 12.8. The van der Waals surface area contributed by atoms with Crippen LogP contribution in [0.15, 0.2) is 47.4 Å². The van der Waals surface area contributed by atoms with Crippen molar-refractivity contribution in [3.8, 4) is 5.75 Å². The Balaban J connectivity index is 1.80. The first-order valence-corrected chi connectivity index (χ1v) is 12.0. The highest BCUT2D eigenvalue weighted by Crippen LogP contribution is 2.33. The Morgan fingerprint density at radius 1 is 1.18 bits per heavy atom. The van der Waals surface area contributed by atoms with Gasteiger partial charge in [0, 0.05) is 18.8 Å². The van der Waals surface area contributed by atoms with Crippen LogP contribution in [0, 0.1) is 5.92 Å². The number of amides is 1. The topological polar surface area (TPSA) is 75.7 Å². The first-order valence-electron chi connectivity index (χ1n) is 10.6. The van der Waals surface area contributed by atoms with Crippen molar-refractivity contribution in [2.45, 2.75) is 43.7 Å². The van der Waals surface area contributed by atoms with Gasteiger partial charge in [-0.3, -0.25) is 4.79 Å². The molecule has 0 unspecified atom stereocenters. The number of ether oxygens (including phenoxy) is 1. The number of halogens is 3. The normalized spacial score (nSPS) is 17.7. The SMILES string of the molecule is COc1ccc(C(C)C)cc1S(=O)(=O)N1CCC[C@@H](C(=O)Nc2cccc(C(F)(F)F)c2)C1. The van der Waals surface area contributed by atoms with Crippen molar-refractivity contribution in [3.63, 3.8) is 0 Å². The van der Waals surface area contributed by atoms with Crippen molar-refractivity contribution in [2.75, 3.05) is 25.5 Å². The van der Waals surface area contributed by atoms with Gasteiger partial charge in [-0.1, -0.05) is 26.0 Å². The fourth-order valence-electron chi connectivity index (χ4n) is 3.79. The molecular weight excluding hydrogens is 457 g/mol. The maximum atomic E-state index is 13.4. The number of nitrogens with one attached hydrogen (secondary N) is 1. The lowest BCUT2D eigenvalue weighted by Crippen LogP contribution is -2.43. The molecule has 6 nitrogen and oxygen atoms in total. The second kappa shape index (κ2) is 9.72. The van der Waals surface area contributed by atoms with Gasteiger partial charge < -0.3 is 10.1 Å². The van der Waals surface area contributed by atoms with E-state index in [1.54, 1.807) is 12.1 Å². The van der Waals surface area contributed by atoms with Gasteiger partial charge in [0.1, 0.15) is 10.6 Å². The third kappa shape index (κ3) is 5.67. The summed E-state index contributed by atoms with van der Waals surface area (Å²) in [5, 5.41) is 2.50. The average molecular weight is 485 g/mol. The van der Waals surface area contributed by atoms with Crippen molar-refractivity contribution >= 4 is 21.6 Å². The summed E-state index contributed by atoms with van der Waals surface area (Å²) in [6.07, 6.45) is -3.65. The molecule has 33 heavy (non-hydrogen) atoms. The highest BCUT2D eigenvalue weighted by Gasteiger charge is 2.35. The largest absolute Gasteiger partial charge is 0.495 e. The third-order valence-electron chi connectivity index (χ3n) is 5.68. The molecule has 1 aliphatic heterocycles. The fourth-order valence-corrected chi connectivity index (χ4v) is 5.50. The lowest BCUT2D eigenvalue weighted by Gasteiger charge is -2.31. The number of sulfonamides is 1. The average Bonchev–Trinajstić information content (AvgIpc) is 2.78. The molecule has 0 spiro atoms.